The van der Waals surface area contributed by atoms with Crippen LogP contribution in [0.2, 0.25) is 0 Å². The molecule has 0 spiro atoms. The van der Waals surface area contributed by atoms with Gasteiger partial charge in [0.2, 0.25) is 0 Å². The maximum atomic E-state index is 5.44. The molecule has 1 fully saturated rings. The third-order valence-electron chi connectivity index (χ3n) is 23.5. The van der Waals surface area contributed by atoms with Crippen molar-refractivity contribution in [2.75, 3.05) is 113 Å². The third kappa shape index (κ3) is 27.2. The van der Waals surface area contributed by atoms with E-state index >= 15 is 0 Å². The van der Waals surface area contributed by atoms with Gasteiger partial charge in [0.25, 0.3) is 0 Å². The number of unbranched alkanes of at least 4 members (excludes halogenated alkanes) is 1. The Balaban J connectivity index is 0.000000126. The summed E-state index contributed by atoms with van der Waals surface area (Å²) in [5.41, 5.74) is 19.2. The Morgan fingerprint density at radius 1 is 0.377 bits per heavy atom. The molecule has 40 heteroatoms. The summed E-state index contributed by atoms with van der Waals surface area (Å²) in [6.07, 6.45) is 27.6. The summed E-state index contributed by atoms with van der Waals surface area (Å²) >= 11 is 1.67. The van der Waals surface area contributed by atoms with E-state index in [2.05, 4.69) is 186 Å². The van der Waals surface area contributed by atoms with Gasteiger partial charge in [-0.2, -0.15) is 0 Å². The largest absolute Gasteiger partial charge is 0.497 e. The van der Waals surface area contributed by atoms with Crippen molar-refractivity contribution in [1.82, 2.24) is 127 Å². The first-order chi connectivity index (χ1) is 71.2. The summed E-state index contributed by atoms with van der Waals surface area (Å²) in [7, 11) is 8.35. The van der Waals surface area contributed by atoms with Crippen molar-refractivity contribution in [1.29, 1.82) is 0 Å². The van der Waals surface area contributed by atoms with Gasteiger partial charge in [-0.25, -0.2) is 64.8 Å². The van der Waals surface area contributed by atoms with E-state index < -0.39 is 0 Å². The van der Waals surface area contributed by atoms with E-state index in [0.717, 1.165) is 229 Å². The molecule has 1 aliphatic rings. The van der Waals surface area contributed by atoms with E-state index in [1.165, 1.54) is 19.3 Å². The molecule has 0 amide bonds. The Labute approximate surface area is 849 Å². The summed E-state index contributed by atoms with van der Waals surface area (Å²) in [6.45, 7) is 29.8. The third-order valence-corrected chi connectivity index (χ3v) is 24.3. The molecule has 0 atom stereocenters. The summed E-state index contributed by atoms with van der Waals surface area (Å²) in [4.78, 5) is 80.9. The number of aryl methyl sites for hydroxylation is 7. The van der Waals surface area contributed by atoms with E-state index in [1.807, 2.05) is 219 Å². The minimum atomic E-state index is 0.315. The highest BCUT2D eigenvalue weighted by Gasteiger charge is 2.29. The van der Waals surface area contributed by atoms with Crippen LogP contribution in [0.15, 0.2) is 210 Å². The average molecular weight is 1990 g/mol. The molecule has 0 aromatic carbocycles. The summed E-state index contributed by atoms with van der Waals surface area (Å²) in [5, 5.41) is 31.6. The summed E-state index contributed by atoms with van der Waals surface area (Å²) in [6, 6.07) is 39.7. The van der Waals surface area contributed by atoms with Crippen molar-refractivity contribution in [2.24, 2.45) is 0 Å². The lowest BCUT2D eigenvalue weighted by Gasteiger charge is -2.13. The number of anilines is 6. The summed E-state index contributed by atoms with van der Waals surface area (Å²) < 4.78 is 49.5. The van der Waals surface area contributed by atoms with Gasteiger partial charge in [-0.05, 0) is 153 Å². The predicted octanol–water partition coefficient (Wildman–Crippen LogP) is 18.1. The number of thiazole rings is 1. The molecule has 0 aliphatic heterocycles. The van der Waals surface area contributed by atoms with E-state index in [4.69, 9.17) is 32.7 Å². The zero-order valence-electron chi connectivity index (χ0n) is 85.0. The van der Waals surface area contributed by atoms with Crippen LogP contribution in [0.1, 0.15) is 155 Å². The average Bonchev–Trinajstić information content (AvgIpc) is 1.68. The zero-order valence-corrected chi connectivity index (χ0v) is 85.9. The molecule has 39 nitrogen and oxygen atoms in total. The Hall–Kier alpha value is -16.2. The lowest BCUT2D eigenvalue weighted by atomic mass is 10.1. The van der Waals surface area contributed by atoms with Gasteiger partial charge in [-0.3, -0.25) is 24.9 Å². The van der Waals surface area contributed by atoms with Crippen LogP contribution in [0, 0.1) is 48.5 Å². The van der Waals surface area contributed by atoms with Crippen LogP contribution in [0.25, 0.3) is 66.2 Å². The number of pyridine rings is 5. The second-order valence-electron chi connectivity index (χ2n) is 35.1. The number of nitrogens with zero attached hydrogens (tertiary/aromatic N) is 26. The predicted molar refractivity (Wildman–Crippen MR) is 568 cm³/mol. The van der Waals surface area contributed by atoms with Gasteiger partial charge in [0.1, 0.15) is 107 Å². The topological polar surface area (TPSA) is 432 Å². The van der Waals surface area contributed by atoms with Crippen LogP contribution in [-0.4, -0.2) is 209 Å². The molecule has 0 radical (unpaired) electrons. The lowest BCUT2D eigenvalue weighted by molar-refractivity contribution is 0.210. The maximum absolute atomic E-state index is 5.44. The van der Waals surface area contributed by atoms with Crippen molar-refractivity contribution >= 4 is 112 Å². The first-order valence-corrected chi connectivity index (χ1v) is 49.5. The fraction of sp³-hybridized carbons (Fsp3) is 0.340. The minimum absolute atomic E-state index is 0.315. The van der Waals surface area contributed by atoms with Gasteiger partial charge >= 0.3 is 0 Å². The molecule has 1 saturated carbocycles. The van der Waals surface area contributed by atoms with Gasteiger partial charge in [0, 0.05) is 162 Å². The highest BCUT2D eigenvalue weighted by Crippen LogP contribution is 2.41. The van der Waals surface area contributed by atoms with Gasteiger partial charge in [-0.1, -0.05) is 55.7 Å². The molecule has 756 valence electrons. The second kappa shape index (κ2) is 50.2. The Morgan fingerprint density at radius 2 is 0.795 bits per heavy atom. The fourth-order valence-corrected chi connectivity index (χ4v) is 17.1. The number of methoxy groups -OCH3 is 5. The fourth-order valence-electron chi connectivity index (χ4n) is 16.5. The van der Waals surface area contributed by atoms with Gasteiger partial charge in [-0.15, -0.1) is 11.3 Å². The maximum Gasteiger partial charge on any atom is 0.154 e. The van der Waals surface area contributed by atoms with Gasteiger partial charge in [0.15, 0.2) is 34.9 Å². The van der Waals surface area contributed by atoms with Crippen molar-refractivity contribution in [2.45, 2.75) is 159 Å². The van der Waals surface area contributed by atoms with E-state index in [-0.39, 0.29) is 0 Å². The molecule has 0 saturated heterocycles. The van der Waals surface area contributed by atoms with Crippen LogP contribution >= 0.6 is 11.3 Å². The van der Waals surface area contributed by atoms with Gasteiger partial charge in [0.05, 0.1) is 148 Å². The number of ether oxygens (including phenoxy) is 5. The molecule has 20 heterocycles. The zero-order chi connectivity index (χ0) is 102. The molecule has 146 heavy (non-hydrogen) atoms. The number of hydrogen-bond donors (Lipinski definition) is 6. The van der Waals surface area contributed by atoms with Crippen molar-refractivity contribution in [3.05, 3.63) is 298 Å². The molecule has 0 bridgehead atoms. The Morgan fingerprint density at radius 3 is 1.20 bits per heavy atom. The quantitative estimate of drug-likeness (QED) is 0.0196. The van der Waals surface area contributed by atoms with Crippen LogP contribution in [0.4, 0.5) is 34.9 Å². The van der Waals surface area contributed by atoms with Crippen LogP contribution in [0.3, 0.4) is 0 Å². The minimum Gasteiger partial charge on any atom is -0.497 e. The second-order valence-corrected chi connectivity index (χ2v) is 36.1. The van der Waals surface area contributed by atoms with Gasteiger partial charge < -0.3 is 92.0 Å². The number of rotatable bonds is 38. The van der Waals surface area contributed by atoms with E-state index in [9.17, 15) is 0 Å². The standard InChI is InChI=1S/C20H20N6O.C20H22N6O.2C17H21N5O2.C17H21N5O.C15H19N5S/c1-13-23-17-7-9-26(12-15-4-2-3-8-21-15)19(17)20(24-13)22-11-16-10-18(27-25-16)14-5-6-14;1-13(2)18-10-16(25-27-18)11-22-20-19-17(23-14(3)24-20)7-9-26(19)12-15-6-4-5-8-21-15;1-12-20-15-5-8-22(11-13-10-14(24-3)4-6-18-13)16(15)17(21-12)19-7-9-23-2;1-12-20-14-5-8-22(11-13-4-6-18-10-15(13)24-3)16(14)17(21-12)19-7-9-23-2;1-12-5-4-6-14(19-12)11-22-9-7-15-16(22)17(18-8-10-23-3)21-13(2)20-15;1-3-4-6-17-15-14-12(18-11(2)19-15)5-8-20(14)10-13-16-7-9-21-13/h2-4,7-10,14H,5-6,11-12H2,1H3,(H,22,23,24);4-10,13H,11-12H2,1-3H3,(H,22,23,24);2*4-6,8,10H,7,9,11H2,1-3H3,(H,19,20,21);4-7,9H,8,10-11H2,1-3H3,(H,18,20,21);5,7-9H,3-4,6,10H2,1-2H3,(H,17,18,19). The molecule has 20 aromatic rings. The number of hydrogen-bond acceptors (Lipinski definition) is 34. The first kappa shape index (κ1) is 103. The van der Waals surface area contributed by atoms with Crippen LogP contribution < -0.4 is 41.4 Å². The first-order valence-electron chi connectivity index (χ1n) is 48.6. The number of aromatic nitrogens is 26. The molecule has 6 N–H and O–H groups in total. The monoisotopic (exact) mass is 1990 g/mol. The Bertz CT molecular complexity index is 7450. The van der Waals surface area contributed by atoms with Crippen molar-refractivity contribution in [3.63, 3.8) is 0 Å². The number of fused-ring (bicyclic) bond motifs is 6. The number of nitrogens with one attached hydrogen (secondary N) is 6. The van der Waals surface area contributed by atoms with Crippen LogP contribution in [0.5, 0.6) is 11.5 Å². The molecule has 20 aromatic heterocycles. The smallest absolute Gasteiger partial charge is 0.154 e. The molecular weight excluding hydrogens is 1870 g/mol. The molecule has 1 aliphatic carbocycles. The SMILES string of the molecule is CCCCNc1nc(C)nc2ccn(Cc3nccs3)c12.COCCNc1nc(C)nc2ccn(Cc3cc(OC)ccn3)c12.COCCNc1nc(C)nc2ccn(Cc3cccc(C)n3)c12.COCCNc1nc(C)nc2ccn(Cc3ccncc3OC)c12.Cc1nc(NCc2cc(C(C)C)on2)c2c(ccn2Cc2ccccn2)n1.Cc1nc(NCc2cc(C3CC3)on2)c2c(ccn2Cc2ccccn2)n1. The molecular formula is C106H124N32O7S. The van der Waals surface area contributed by atoms with E-state index in [1.54, 1.807) is 71.7 Å². The van der Waals surface area contributed by atoms with Crippen molar-refractivity contribution in [3.8, 4) is 11.5 Å². The Kier molecular flexibility index (Phi) is 35.3. The lowest BCUT2D eigenvalue weighted by Crippen LogP contribution is -2.12. The molecule has 21 rings (SSSR count). The normalized spacial score (nSPS) is 11.6. The van der Waals surface area contributed by atoms with E-state index in [0.29, 0.717) is 97.1 Å². The van der Waals surface area contributed by atoms with Crippen molar-refractivity contribution < 1.29 is 32.7 Å². The summed E-state index contributed by atoms with van der Waals surface area (Å²) in [5.74, 6) is 13.8. The highest BCUT2D eigenvalue weighted by molar-refractivity contribution is 7.09. The highest BCUT2D eigenvalue weighted by atomic mass is 32.1. The molecule has 0 unspecified atom stereocenters. The van der Waals surface area contributed by atoms with Crippen LogP contribution in [-0.2, 0) is 66.6 Å².